The summed E-state index contributed by atoms with van der Waals surface area (Å²) < 4.78 is 10.6. The van der Waals surface area contributed by atoms with Gasteiger partial charge in [0.1, 0.15) is 6.04 Å². The molecule has 0 saturated heterocycles. The van der Waals surface area contributed by atoms with Crippen LogP contribution in [0.15, 0.2) is 18.2 Å². The van der Waals surface area contributed by atoms with Gasteiger partial charge in [-0.1, -0.05) is 12.1 Å². The molecule has 0 aliphatic carbocycles. The van der Waals surface area contributed by atoms with E-state index >= 15 is 0 Å². The van der Waals surface area contributed by atoms with Gasteiger partial charge >= 0.3 is 0 Å². The summed E-state index contributed by atoms with van der Waals surface area (Å²) in [7, 11) is 7.16. The van der Waals surface area contributed by atoms with Crippen LogP contribution >= 0.6 is 0 Å². The number of ether oxygens (including phenoxy) is 2. The molecule has 1 aromatic rings. The second-order valence-electron chi connectivity index (χ2n) is 4.40. The van der Waals surface area contributed by atoms with Gasteiger partial charge in [0.05, 0.1) is 20.3 Å². The van der Waals surface area contributed by atoms with E-state index in [2.05, 4.69) is 16.3 Å². The number of methoxy groups -OCH3 is 2. The zero-order valence-electron chi connectivity index (χ0n) is 11.9. The molecular weight excluding hydrogens is 242 g/mol. The summed E-state index contributed by atoms with van der Waals surface area (Å²) in [6, 6.07) is 7.39. The minimum absolute atomic E-state index is 0.412. The van der Waals surface area contributed by atoms with Gasteiger partial charge in [0, 0.05) is 18.7 Å². The minimum Gasteiger partial charge on any atom is -0.493 e. The minimum atomic E-state index is -0.412. The molecule has 19 heavy (non-hydrogen) atoms. The van der Waals surface area contributed by atoms with Crippen molar-refractivity contribution >= 4 is 0 Å². The number of para-hydroxylation sites is 1. The smallest absolute Gasteiger partial charge is 0.166 e. The molecule has 1 N–H and O–H groups in total. The molecule has 0 aliphatic heterocycles. The summed E-state index contributed by atoms with van der Waals surface area (Å²) in [5, 5.41) is 12.5. The molecule has 0 saturated carbocycles. The predicted octanol–water partition coefficient (Wildman–Crippen LogP) is 1.42. The van der Waals surface area contributed by atoms with Crippen molar-refractivity contribution in [2.24, 2.45) is 0 Å². The van der Waals surface area contributed by atoms with Crippen molar-refractivity contribution in [2.45, 2.75) is 6.04 Å². The zero-order valence-corrected chi connectivity index (χ0v) is 11.9. The van der Waals surface area contributed by atoms with Crippen molar-refractivity contribution in [3.63, 3.8) is 0 Å². The number of rotatable bonds is 7. The molecular formula is C14H21N3O2. The average molecular weight is 263 g/mol. The van der Waals surface area contributed by atoms with Crippen molar-refractivity contribution in [2.75, 3.05) is 41.4 Å². The van der Waals surface area contributed by atoms with Gasteiger partial charge in [-0.15, -0.1) is 0 Å². The molecule has 0 fully saturated rings. The Balaban J connectivity index is 2.89. The first-order chi connectivity index (χ1) is 9.13. The summed E-state index contributed by atoms with van der Waals surface area (Å²) in [6.45, 7) is 1.59. The number of hydrogen-bond acceptors (Lipinski definition) is 5. The second kappa shape index (κ2) is 7.62. The first-order valence-electron chi connectivity index (χ1n) is 6.12. The Morgan fingerprint density at radius 1 is 1.32 bits per heavy atom. The molecule has 0 radical (unpaired) electrons. The number of nitrogens with one attached hydrogen (secondary N) is 1. The van der Waals surface area contributed by atoms with E-state index in [0.29, 0.717) is 11.5 Å². The van der Waals surface area contributed by atoms with Crippen LogP contribution in [0.2, 0.25) is 0 Å². The molecule has 0 bridgehead atoms. The lowest BCUT2D eigenvalue weighted by Gasteiger charge is -2.18. The van der Waals surface area contributed by atoms with E-state index in [1.54, 1.807) is 14.2 Å². The molecule has 104 valence electrons. The van der Waals surface area contributed by atoms with Gasteiger partial charge in [-0.05, 0) is 20.2 Å². The van der Waals surface area contributed by atoms with Gasteiger partial charge in [0.25, 0.3) is 0 Å². The number of likely N-dealkylation sites (N-methyl/N-ethyl adjacent to an activating group) is 1. The van der Waals surface area contributed by atoms with E-state index in [0.717, 1.165) is 18.7 Å². The highest BCUT2D eigenvalue weighted by atomic mass is 16.5. The van der Waals surface area contributed by atoms with E-state index in [4.69, 9.17) is 9.47 Å². The fourth-order valence-corrected chi connectivity index (χ4v) is 1.80. The first kappa shape index (κ1) is 15.3. The molecule has 1 atom stereocenters. The SMILES string of the molecule is COc1cccc(C(C#N)NCCN(C)C)c1OC. The highest BCUT2D eigenvalue weighted by Gasteiger charge is 2.18. The average Bonchev–Trinajstić information content (AvgIpc) is 2.42. The zero-order chi connectivity index (χ0) is 14.3. The van der Waals surface area contributed by atoms with Gasteiger partial charge in [0.15, 0.2) is 11.5 Å². The number of hydrogen-bond donors (Lipinski definition) is 1. The van der Waals surface area contributed by atoms with Crippen LogP contribution in [0.25, 0.3) is 0 Å². The van der Waals surface area contributed by atoms with Crippen LogP contribution in [0.5, 0.6) is 11.5 Å². The van der Waals surface area contributed by atoms with Gasteiger partial charge in [0.2, 0.25) is 0 Å². The highest BCUT2D eigenvalue weighted by molar-refractivity contribution is 5.49. The summed E-state index contributed by atoms with van der Waals surface area (Å²) >= 11 is 0. The third-order valence-electron chi connectivity index (χ3n) is 2.78. The molecule has 5 heteroatoms. The standard InChI is InChI=1S/C14H21N3O2/c1-17(2)9-8-16-12(10-15)11-6-5-7-13(18-3)14(11)19-4/h5-7,12,16H,8-9H2,1-4H3. The predicted molar refractivity (Wildman–Crippen MR) is 74.5 cm³/mol. The van der Waals surface area contributed by atoms with Crippen molar-refractivity contribution in [3.8, 4) is 17.6 Å². The van der Waals surface area contributed by atoms with E-state index in [1.807, 2.05) is 32.3 Å². The molecule has 0 aliphatic rings. The molecule has 5 nitrogen and oxygen atoms in total. The molecule has 1 rings (SSSR count). The normalized spacial score (nSPS) is 12.0. The third-order valence-corrected chi connectivity index (χ3v) is 2.78. The lowest BCUT2D eigenvalue weighted by molar-refractivity contribution is 0.347. The van der Waals surface area contributed by atoms with Crippen LogP contribution in [0.1, 0.15) is 11.6 Å². The maximum absolute atomic E-state index is 9.31. The van der Waals surface area contributed by atoms with E-state index in [1.165, 1.54) is 0 Å². The number of nitrogens with zero attached hydrogens (tertiary/aromatic N) is 2. The quantitative estimate of drug-likeness (QED) is 0.806. The van der Waals surface area contributed by atoms with E-state index < -0.39 is 6.04 Å². The molecule has 0 spiro atoms. The third kappa shape index (κ3) is 4.12. The van der Waals surface area contributed by atoms with E-state index in [-0.39, 0.29) is 0 Å². The first-order valence-corrected chi connectivity index (χ1v) is 6.12. The summed E-state index contributed by atoms with van der Waals surface area (Å²) in [5.74, 6) is 1.24. The summed E-state index contributed by atoms with van der Waals surface area (Å²) in [4.78, 5) is 2.06. The summed E-state index contributed by atoms with van der Waals surface area (Å²) in [5.41, 5.74) is 0.795. The van der Waals surface area contributed by atoms with Crippen LogP contribution < -0.4 is 14.8 Å². The Bertz CT molecular complexity index is 441. The fraction of sp³-hybridized carbons (Fsp3) is 0.500. The summed E-state index contributed by atoms with van der Waals surface area (Å²) in [6.07, 6.45) is 0. The Kier molecular flexibility index (Phi) is 6.13. The fourth-order valence-electron chi connectivity index (χ4n) is 1.80. The van der Waals surface area contributed by atoms with Crippen LogP contribution in [-0.4, -0.2) is 46.3 Å². The van der Waals surface area contributed by atoms with Crippen LogP contribution in [0, 0.1) is 11.3 Å². The Morgan fingerprint density at radius 3 is 2.58 bits per heavy atom. The maximum Gasteiger partial charge on any atom is 0.166 e. The van der Waals surface area contributed by atoms with Crippen molar-refractivity contribution in [3.05, 3.63) is 23.8 Å². The van der Waals surface area contributed by atoms with Gasteiger partial charge in [-0.2, -0.15) is 5.26 Å². The molecule has 0 aromatic heterocycles. The Labute approximate surface area is 114 Å². The lowest BCUT2D eigenvalue weighted by Crippen LogP contribution is -2.29. The van der Waals surface area contributed by atoms with Gasteiger partial charge in [-0.25, -0.2) is 0 Å². The van der Waals surface area contributed by atoms with Crippen LogP contribution in [0.4, 0.5) is 0 Å². The largest absolute Gasteiger partial charge is 0.493 e. The molecule has 1 unspecified atom stereocenters. The Morgan fingerprint density at radius 2 is 2.05 bits per heavy atom. The number of nitriles is 1. The number of benzene rings is 1. The highest BCUT2D eigenvalue weighted by Crippen LogP contribution is 2.34. The van der Waals surface area contributed by atoms with Gasteiger partial charge < -0.3 is 14.4 Å². The van der Waals surface area contributed by atoms with Crippen LogP contribution in [0.3, 0.4) is 0 Å². The molecule has 0 heterocycles. The van der Waals surface area contributed by atoms with Crippen molar-refractivity contribution in [1.82, 2.24) is 10.2 Å². The lowest BCUT2D eigenvalue weighted by atomic mass is 10.1. The Hall–Kier alpha value is -1.77. The monoisotopic (exact) mass is 263 g/mol. The topological polar surface area (TPSA) is 57.5 Å². The molecule has 0 amide bonds. The van der Waals surface area contributed by atoms with Crippen molar-refractivity contribution in [1.29, 1.82) is 5.26 Å². The second-order valence-corrected chi connectivity index (χ2v) is 4.40. The van der Waals surface area contributed by atoms with Crippen molar-refractivity contribution < 1.29 is 9.47 Å². The van der Waals surface area contributed by atoms with Gasteiger partial charge in [-0.3, -0.25) is 5.32 Å². The van der Waals surface area contributed by atoms with Crippen LogP contribution in [-0.2, 0) is 0 Å². The maximum atomic E-state index is 9.31. The molecule has 1 aromatic carbocycles. The van der Waals surface area contributed by atoms with E-state index in [9.17, 15) is 5.26 Å².